The highest BCUT2D eigenvalue weighted by Crippen LogP contribution is 2.22. The Labute approximate surface area is 186 Å². The lowest BCUT2D eigenvalue weighted by Gasteiger charge is -2.25. The molecular weight excluding hydrogens is 390 g/mol. The summed E-state index contributed by atoms with van der Waals surface area (Å²) in [6, 6.07) is 8.44. The third-order valence-corrected chi connectivity index (χ3v) is 5.18. The van der Waals surface area contributed by atoms with Crippen LogP contribution < -0.4 is 10.1 Å². The highest BCUT2D eigenvalue weighted by atomic mass is 32.1. The molecule has 0 radical (unpaired) electrons. The molecule has 0 amide bonds. The average molecular weight is 426 g/mol. The van der Waals surface area contributed by atoms with Crippen molar-refractivity contribution in [2.75, 3.05) is 13.2 Å². The van der Waals surface area contributed by atoms with Crippen molar-refractivity contribution in [3.63, 3.8) is 0 Å². The smallest absolute Gasteiger partial charge is 0.119 e. The molecule has 0 aliphatic carbocycles. The van der Waals surface area contributed by atoms with Gasteiger partial charge in [0, 0.05) is 12.5 Å². The van der Waals surface area contributed by atoms with Gasteiger partial charge in [0.25, 0.3) is 0 Å². The summed E-state index contributed by atoms with van der Waals surface area (Å²) in [6.45, 7) is 13.3. The number of nitrogens with one attached hydrogen (secondary N) is 1. The molecule has 0 saturated carbocycles. The van der Waals surface area contributed by atoms with Crippen LogP contribution in [-0.4, -0.2) is 18.8 Å². The van der Waals surface area contributed by atoms with Crippen LogP contribution in [0.3, 0.4) is 0 Å². The zero-order valence-corrected chi connectivity index (χ0v) is 19.8. The molecule has 1 N–H and O–H groups in total. The van der Waals surface area contributed by atoms with E-state index in [9.17, 15) is 0 Å². The van der Waals surface area contributed by atoms with Crippen LogP contribution in [0.15, 0.2) is 47.2 Å². The summed E-state index contributed by atoms with van der Waals surface area (Å²) < 4.78 is 12.1. The van der Waals surface area contributed by atoms with Crippen LogP contribution in [0.2, 0.25) is 0 Å². The first-order valence-corrected chi connectivity index (χ1v) is 11.6. The first-order chi connectivity index (χ1) is 14.4. The SMILES string of the molecule is CCNCc1cc(OCC(C)(C)OCc2ccsc2)ccc1CC=CC#CC(C)C. The first-order valence-electron chi connectivity index (χ1n) is 10.7. The molecule has 0 spiro atoms. The lowest BCUT2D eigenvalue weighted by Crippen LogP contribution is -2.32. The van der Waals surface area contributed by atoms with Gasteiger partial charge in [-0.2, -0.15) is 11.3 Å². The molecule has 1 aromatic carbocycles. The van der Waals surface area contributed by atoms with Crippen LogP contribution in [0.25, 0.3) is 0 Å². The number of thiophene rings is 1. The molecule has 3 nitrogen and oxygen atoms in total. The topological polar surface area (TPSA) is 30.5 Å². The Balaban J connectivity index is 1.97. The fourth-order valence-corrected chi connectivity index (χ4v) is 3.38. The molecule has 0 aliphatic rings. The molecule has 0 bridgehead atoms. The van der Waals surface area contributed by atoms with Crippen molar-refractivity contribution in [2.24, 2.45) is 5.92 Å². The zero-order valence-electron chi connectivity index (χ0n) is 19.0. The van der Waals surface area contributed by atoms with Crippen molar-refractivity contribution in [1.29, 1.82) is 0 Å². The summed E-state index contributed by atoms with van der Waals surface area (Å²) in [5, 5.41) is 7.61. The van der Waals surface area contributed by atoms with Gasteiger partial charge in [-0.3, -0.25) is 0 Å². The number of benzene rings is 1. The minimum atomic E-state index is -0.361. The summed E-state index contributed by atoms with van der Waals surface area (Å²) in [4.78, 5) is 0. The van der Waals surface area contributed by atoms with Crippen LogP contribution in [0, 0.1) is 17.8 Å². The van der Waals surface area contributed by atoms with E-state index in [1.807, 2.05) is 12.1 Å². The second-order valence-corrected chi connectivity index (χ2v) is 9.01. The van der Waals surface area contributed by atoms with Crippen molar-refractivity contribution in [3.8, 4) is 17.6 Å². The fourth-order valence-electron chi connectivity index (χ4n) is 2.73. The van der Waals surface area contributed by atoms with Crippen LogP contribution in [0.5, 0.6) is 5.75 Å². The summed E-state index contributed by atoms with van der Waals surface area (Å²) in [5.74, 6) is 7.54. The van der Waals surface area contributed by atoms with Gasteiger partial charge in [-0.15, -0.1) is 0 Å². The second-order valence-electron chi connectivity index (χ2n) is 8.23. The van der Waals surface area contributed by atoms with E-state index < -0.39 is 0 Å². The molecular formula is C26H35NO2S. The maximum absolute atomic E-state index is 6.10. The second kappa shape index (κ2) is 12.6. The maximum Gasteiger partial charge on any atom is 0.119 e. The quantitative estimate of drug-likeness (QED) is 0.449. The van der Waals surface area contributed by atoms with E-state index in [0.717, 1.165) is 25.3 Å². The zero-order chi connectivity index (χ0) is 21.8. The molecule has 2 aromatic rings. The Kier molecular flexibility index (Phi) is 10.2. The van der Waals surface area contributed by atoms with E-state index in [4.69, 9.17) is 9.47 Å². The Bertz CT molecular complexity index is 842. The van der Waals surface area contributed by atoms with Gasteiger partial charge in [0.05, 0.1) is 12.2 Å². The van der Waals surface area contributed by atoms with E-state index in [1.54, 1.807) is 11.3 Å². The number of allylic oxidation sites excluding steroid dienone is 2. The molecule has 4 heteroatoms. The van der Waals surface area contributed by atoms with E-state index in [1.165, 1.54) is 16.7 Å². The fraction of sp³-hybridized carbons (Fsp3) is 0.462. The molecule has 0 fully saturated rings. The highest BCUT2D eigenvalue weighted by molar-refractivity contribution is 7.07. The molecule has 162 valence electrons. The van der Waals surface area contributed by atoms with Crippen molar-refractivity contribution >= 4 is 11.3 Å². The van der Waals surface area contributed by atoms with E-state index >= 15 is 0 Å². The third kappa shape index (κ3) is 9.17. The minimum absolute atomic E-state index is 0.361. The summed E-state index contributed by atoms with van der Waals surface area (Å²) in [6.07, 6.45) is 4.94. The molecule has 0 saturated heterocycles. The molecule has 1 aromatic heterocycles. The van der Waals surface area contributed by atoms with E-state index in [2.05, 4.69) is 86.8 Å². The van der Waals surface area contributed by atoms with Gasteiger partial charge in [0.2, 0.25) is 0 Å². The van der Waals surface area contributed by atoms with Crippen LogP contribution in [-0.2, 0) is 24.3 Å². The van der Waals surface area contributed by atoms with Gasteiger partial charge in [0.1, 0.15) is 12.4 Å². The van der Waals surface area contributed by atoms with Gasteiger partial charge < -0.3 is 14.8 Å². The standard InChI is InChI=1S/C26H35NO2S/c1-6-27-17-24-16-25(13-12-23(24)11-9-7-8-10-21(2)3)28-20-26(4,5)29-18-22-14-15-30-19-22/h7,9,12-16,19,21,27H,6,11,17-18,20H2,1-5H3. The Morgan fingerprint density at radius 3 is 2.73 bits per heavy atom. The molecule has 0 unspecified atom stereocenters. The lowest BCUT2D eigenvalue weighted by molar-refractivity contribution is -0.0568. The third-order valence-electron chi connectivity index (χ3n) is 4.45. The van der Waals surface area contributed by atoms with Gasteiger partial charge >= 0.3 is 0 Å². The number of ether oxygens (including phenoxy) is 2. The largest absolute Gasteiger partial charge is 0.491 e. The normalized spacial score (nSPS) is 11.7. The Hall–Kier alpha value is -2.06. The number of hydrogen-bond donors (Lipinski definition) is 1. The van der Waals surface area contributed by atoms with Gasteiger partial charge in [-0.05, 0) is 78.5 Å². The summed E-state index contributed by atoms with van der Waals surface area (Å²) >= 11 is 1.69. The van der Waals surface area contributed by atoms with Gasteiger partial charge in [-0.25, -0.2) is 0 Å². The summed E-state index contributed by atoms with van der Waals surface area (Å²) in [5.41, 5.74) is 3.39. The van der Waals surface area contributed by atoms with Crippen LogP contribution in [0.1, 0.15) is 51.3 Å². The van der Waals surface area contributed by atoms with Crippen molar-refractivity contribution < 1.29 is 9.47 Å². The predicted molar refractivity (Wildman–Crippen MR) is 128 cm³/mol. The number of rotatable bonds is 11. The Morgan fingerprint density at radius 1 is 1.20 bits per heavy atom. The molecule has 1 heterocycles. The van der Waals surface area contributed by atoms with E-state index in [0.29, 0.717) is 19.1 Å². The molecule has 0 aliphatic heterocycles. The monoisotopic (exact) mass is 425 g/mol. The summed E-state index contributed by atoms with van der Waals surface area (Å²) in [7, 11) is 0. The Morgan fingerprint density at radius 2 is 2.03 bits per heavy atom. The lowest BCUT2D eigenvalue weighted by atomic mass is 10.0. The molecule has 0 atom stereocenters. The average Bonchev–Trinajstić information content (AvgIpc) is 3.23. The first kappa shape index (κ1) is 24.2. The van der Waals surface area contributed by atoms with Crippen molar-refractivity contribution in [3.05, 3.63) is 63.9 Å². The van der Waals surface area contributed by atoms with Crippen molar-refractivity contribution in [2.45, 2.75) is 59.8 Å². The highest BCUT2D eigenvalue weighted by Gasteiger charge is 2.20. The van der Waals surface area contributed by atoms with Crippen LogP contribution >= 0.6 is 11.3 Å². The maximum atomic E-state index is 6.10. The van der Waals surface area contributed by atoms with Crippen LogP contribution in [0.4, 0.5) is 0 Å². The molecule has 30 heavy (non-hydrogen) atoms. The minimum Gasteiger partial charge on any atom is -0.491 e. The van der Waals surface area contributed by atoms with Gasteiger partial charge in [0.15, 0.2) is 0 Å². The van der Waals surface area contributed by atoms with Gasteiger partial charge in [-0.1, -0.05) is 44.8 Å². The predicted octanol–water partition coefficient (Wildman–Crippen LogP) is 5.99. The molecule has 2 rings (SSSR count). The van der Waals surface area contributed by atoms with E-state index in [-0.39, 0.29) is 5.60 Å². The van der Waals surface area contributed by atoms with Crippen molar-refractivity contribution in [1.82, 2.24) is 5.32 Å². The number of hydrogen-bond acceptors (Lipinski definition) is 4.